The van der Waals surface area contributed by atoms with Crippen molar-refractivity contribution in [3.05, 3.63) is 29.6 Å². The topological polar surface area (TPSA) is 84.0 Å². The maximum Gasteiger partial charge on any atom is 0.417 e. The van der Waals surface area contributed by atoms with E-state index in [-0.39, 0.29) is 43.4 Å². The van der Waals surface area contributed by atoms with Crippen molar-refractivity contribution >= 4 is 21.9 Å². The second-order valence-electron chi connectivity index (χ2n) is 8.45. The fourth-order valence-corrected chi connectivity index (χ4v) is 6.19. The molecule has 31 heavy (non-hydrogen) atoms. The molecule has 1 aromatic rings. The molecule has 170 valence electrons. The maximum absolute atomic E-state index is 13.3. The van der Waals surface area contributed by atoms with Crippen LogP contribution in [0.2, 0.25) is 0 Å². The number of nitrogens with zero attached hydrogens (tertiary/aromatic N) is 2. The highest BCUT2D eigenvalue weighted by atomic mass is 32.2. The molecule has 3 aliphatic heterocycles. The number of likely N-dealkylation sites (tertiary alicyclic amines) is 1. The lowest BCUT2D eigenvalue weighted by atomic mass is 9.74. The number of amides is 1. The second kappa shape index (κ2) is 7.44. The minimum atomic E-state index is -5.01. The average Bonchev–Trinajstić information content (AvgIpc) is 3.01. The standard InChI is InChI=1S/C19H20F4N2O5S/c20-13-2-3-15(14(6-13)19(21,22)23)31(28,29)25-10-18(11-25)8-24(9-18)16(26)4-1-12-5-17(27)30-7-12/h2-3,6,12H,1,4-5,7-11H2/t12-/m0/s1. The number of carbonyl (C=O) groups is 2. The molecule has 7 nitrogen and oxygen atoms in total. The van der Waals surface area contributed by atoms with Crippen molar-refractivity contribution in [1.29, 1.82) is 0 Å². The van der Waals surface area contributed by atoms with E-state index >= 15 is 0 Å². The second-order valence-corrected chi connectivity index (χ2v) is 10.4. The van der Waals surface area contributed by atoms with E-state index in [9.17, 15) is 35.6 Å². The Morgan fingerprint density at radius 3 is 2.45 bits per heavy atom. The van der Waals surface area contributed by atoms with Crippen LogP contribution in [0.3, 0.4) is 0 Å². The monoisotopic (exact) mass is 464 g/mol. The third-order valence-electron chi connectivity index (χ3n) is 6.00. The van der Waals surface area contributed by atoms with Gasteiger partial charge in [0, 0.05) is 43.9 Å². The van der Waals surface area contributed by atoms with Gasteiger partial charge in [-0.2, -0.15) is 17.5 Å². The lowest BCUT2D eigenvalue weighted by molar-refractivity contribution is -0.152. The van der Waals surface area contributed by atoms with Crippen molar-refractivity contribution in [3.63, 3.8) is 0 Å². The molecule has 1 aromatic carbocycles. The molecule has 1 atom stereocenters. The van der Waals surface area contributed by atoms with Gasteiger partial charge in [0.2, 0.25) is 15.9 Å². The number of rotatable bonds is 5. The normalized spacial score (nSPS) is 23.4. The van der Waals surface area contributed by atoms with Gasteiger partial charge in [-0.25, -0.2) is 12.8 Å². The molecule has 0 N–H and O–H groups in total. The van der Waals surface area contributed by atoms with Crippen LogP contribution >= 0.6 is 0 Å². The molecule has 0 aromatic heterocycles. The largest absolute Gasteiger partial charge is 0.465 e. The molecule has 4 rings (SSSR count). The van der Waals surface area contributed by atoms with Crippen LogP contribution in [-0.4, -0.2) is 62.3 Å². The molecule has 12 heteroatoms. The van der Waals surface area contributed by atoms with Crippen LogP contribution in [0.1, 0.15) is 24.8 Å². The predicted molar refractivity (Wildman–Crippen MR) is 97.5 cm³/mol. The molecule has 1 amide bonds. The summed E-state index contributed by atoms with van der Waals surface area (Å²) >= 11 is 0. The Bertz CT molecular complexity index is 1010. The van der Waals surface area contributed by atoms with Gasteiger partial charge in [-0.05, 0) is 24.6 Å². The number of alkyl halides is 3. The highest BCUT2D eigenvalue weighted by molar-refractivity contribution is 7.89. The van der Waals surface area contributed by atoms with Gasteiger partial charge < -0.3 is 9.64 Å². The van der Waals surface area contributed by atoms with Gasteiger partial charge in [0.1, 0.15) is 5.82 Å². The summed E-state index contributed by atoms with van der Waals surface area (Å²) in [6.45, 7) is 0.963. The number of hydrogen-bond donors (Lipinski definition) is 0. The smallest absolute Gasteiger partial charge is 0.417 e. The number of sulfonamides is 1. The third-order valence-corrected chi connectivity index (χ3v) is 7.85. The molecule has 0 radical (unpaired) electrons. The van der Waals surface area contributed by atoms with Crippen molar-refractivity contribution in [2.45, 2.75) is 30.3 Å². The van der Waals surface area contributed by atoms with E-state index in [4.69, 9.17) is 4.74 Å². The summed E-state index contributed by atoms with van der Waals surface area (Å²) in [5, 5.41) is 0. The summed E-state index contributed by atoms with van der Waals surface area (Å²) in [7, 11) is -4.45. The van der Waals surface area contributed by atoms with E-state index in [1.807, 2.05) is 0 Å². The van der Waals surface area contributed by atoms with Crippen molar-refractivity contribution in [3.8, 4) is 0 Å². The molecule has 0 saturated carbocycles. The van der Waals surface area contributed by atoms with E-state index in [0.717, 1.165) is 4.31 Å². The Kier molecular flexibility index (Phi) is 5.28. The van der Waals surface area contributed by atoms with Crippen LogP contribution in [0.4, 0.5) is 17.6 Å². The van der Waals surface area contributed by atoms with Gasteiger partial charge in [-0.3, -0.25) is 9.59 Å². The molecule has 0 bridgehead atoms. The molecule has 1 spiro atoms. The Morgan fingerprint density at radius 1 is 1.19 bits per heavy atom. The molecule has 0 unspecified atom stereocenters. The van der Waals surface area contributed by atoms with E-state index in [1.54, 1.807) is 4.90 Å². The zero-order chi connectivity index (χ0) is 22.6. The van der Waals surface area contributed by atoms with Crippen LogP contribution in [0.5, 0.6) is 0 Å². The van der Waals surface area contributed by atoms with Gasteiger partial charge >= 0.3 is 12.1 Å². The summed E-state index contributed by atoms with van der Waals surface area (Å²) in [6.07, 6.45) is -3.93. The summed E-state index contributed by atoms with van der Waals surface area (Å²) in [4.78, 5) is 24.0. The summed E-state index contributed by atoms with van der Waals surface area (Å²) < 4.78 is 84.1. The number of carbonyl (C=O) groups excluding carboxylic acids is 2. The molecule has 3 heterocycles. The van der Waals surface area contributed by atoms with Crippen LogP contribution in [0.25, 0.3) is 0 Å². The number of halogens is 4. The Balaban J connectivity index is 1.34. The van der Waals surface area contributed by atoms with Crippen LogP contribution in [0, 0.1) is 17.2 Å². The quantitative estimate of drug-likeness (QED) is 0.492. The Labute approximate surface area is 176 Å². The lowest BCUT2D eigenvalue weighted by Crippen LogP contribution is -2.73. The van der Waals surface area contributed by atoms with E-state index in [0.29, 0.717) is 44.7 Å². The average molecular weight is 464 g/mol. The number of ether oxygens (including phenoxy) is 1. The van der Waals surface area contributed by atoms with Crippen LogP contribution < -0.4 is 0 Å². The fourth-order valence-electron chi connectivity index (χ4n) is 4.33. The van der Waals surface area contributed by atoms with Crippen molar-refractivity contribution in [1.82, 2.24) is 9.21 Å². The fraction of sp³-hybridized carbons (Fsp3) is 0.579. The molecule has 3 fully saturated rings. The van der Waals surface area contributed by atoms with Crippen molar-refractivity contribution in [2.24, 2.45) is 11.3 Å². The molecular weight excluding hydrogens is 444 g/mol. The minimum absolute atomic E-state index is 0.00124. The van der Waals surface area contributed by atoms with E-state index in [2.05, 4.69) is 0 Å². The first-order valence-electron chi connectivity index (χ1n) is 9.70. The van der Waals surface area contributed by atoms with Gasteiger partial charge in [0.25, 0.3) is 0 Å². The number of cyclic esters (lactones) is 1. The maximum atomic E-state index is 13.3. The first kappa shape index (κ1) is 22.0. The molecule has 0 aliphatic carbocycles. The molecule has 3 aliphatic rings. The van der Waals surface area contributed by atoms with E-state index < -0.39 is 37.9 Å². The zero-order valence-corrected chi connectivity index (χ0v) is 17.1. The Hall–Kier alpha value is -2.21. The lowest BCUT2D eigenvalue weighted by Gasteiger charge is -2.59. The molecular formula is C19H20F4N2O5S. The third kappa shape index (κ3) is 4.14. The van der Waals surface area contributed by atoms with Gasteiger partial charge in [0.05, 0.1) is 23.5 Å². The van der Waals surface area contributed by atoms with Gasteiger partial charge in [-0.15, -0.1) is 0 Å². The van der Waals surface area contributed by atoms with E-state index in [1.165, 1.54) is 0 Å². The highest BCUT2D eigenvalue weighted by Crippen LogP contribution is 2.44. The van der Waals surface area contributed by atoms with Crippen molar-refractivity contribution in [2.75, 3.05) is 32.8 Å². The summed E-state index contributed by atoms with van der Waals surface area (Å²) in [6, 6.07) is 1.49. The highest BCUT2D eigenvalue weighted by Gasteiger charge is 2.57. The van der Waals surface area contributed by atoms with Crippen LogP contribution in [0.15, 0.2) is 23.1 Å². The first-order chi connectivity index (χ1) is 14.4. The zero-order valence-electron chi connectivity index (χ0n) is 16.3. The van der Waals surface area contributed by atoms with Crippen LogP contribution in [-0.2, 0) is 30.5 Å². The van der Waals surface area contributed by atoms with Gasteiger partial charge in [0.15, 0.2) is 0 Å². The first-order valence-corrected chi connectivity index (χ1v) is 11.1. The summed E-state index contributed by atoms with van der Waals surface area (Å²) in [5.74, 6) is -1.53. The summed E-state index contributed by atoms with van der Waals surface area (Å²) in [5.41, 5.74) is -2.00. The number of esters is 1. The SMILES string of the molecule is O=C1C[C@H](CCC(=O)N2CC3(C2)CN(S(=O)(=O)c2ccc(F)cc2C(F)(F)F)C3)CO1. The number of hydrogen-bond acceptors (Lipinski definition) is 5. The van der Waals surface area contributed by atoms with Gasteiger partial charge in [-0.1, -0.05) is 0 Å². The molecule has 3 saturated heterocycles. The Morgan fingerprint density at radius 2 is 1.87 bits per heavy atom. The van der Waals surface area contributed by atoms with Crippen molar-refractivity contribution < 1.29 is 40.3 Å². The number of benzene rings is 1. The predicted octanol–water partition coefficient (Wildman–Crippen LogP) is 2.02. The minimum Gasteiger partial charge on any atom is -0.465 e.